The van der Waals surface area contributed by atoms with Crippen LogP contribution in [0.15, 0.2) is 0 Å². The molecule has 37 heteroatoms. The number of carbonyl (C=O) groups is 9. The molecule has 0 spiro atoms. The smallest absolute Gasteiger partial charge is 0.407 e. The van der Waals surface area contributed by atoms with Gasteiger partial charge in [-0.25, -0.2) is 4.79 Å². The predicted molar refractivity (Wildman–Crippen MR) is 497 cm³/mol. The van der Waals surface area contributed by atoms with Crippen molar-refractivity contribution in [2.45, 2.75) is 389 Å². The van der Waals surface area contributed by atoms with Gasteiger partial charge in [-0.15, -0.1) is 0 Å². The van der Waals surface area contributed by atoms with Crippen molar-refractivity contribution in [2.24, 2.45) is 23.2 Å². The maximum absolute atomic E-state index is 14.3. The maximum Gasteiger partial charge on any atom is 0.407 e. The van der Waals surface area contributed by atoms with Crippen molar-refractivity contribution in [3.8, 4) is 0 Å². The number of ketones is 3. The highest BCUT2D eigenvalue weighted by atomic mass is 33.1. The van der Waals surface area contributed by atoms with Crippen LogP contribution >= 0.6 is 21.6 Å². The predicted octanol–water partition coefficient (Wildman–Crippen LogP) is 9.06. The molecule has 12 N–H and O–H groups in total. The maximum atomic E-state index is 14.3. The lowest BCUT2D eigenvalue weighted by Crippen LogP contribution is -2.55. The fraction of sp³-hybridized carbons (Fsp3) is 0.905. The van der Waals surface area contributed by atoms with Gasteiger partial charge in [-0.2, -0.15) is 0 Å². The van der Waals surface area contributed by atoms with E-state index in [4.69, 9.17) is 61.6 Å². The van der Waals surface area contributed by atoms with E-state index in [1.165, 1.54) is 0 Å². The fourth-order valence-corrected chi connectivity index (χ4v) is 19.2. The number of hydrogen-bond donors (Lipinski definition) is 12. The molecule has 4 saturated heterocycles. The third kappa shape index (κ3) is 51.5. The Morgan fingerprint density at radius 2 is 0.811 bits per heavy atom. The number of aliphatic hydroxyl groups is 9. The number of alkyl carbamates (subject to hydrolysis) is 1. The van der Waals surface area contributed by atoms with Crippen LogP contribution in [0.2, 0.25) is 0 Å². The standard InChI is InChI=1S/C95H170N4O31S2/c1-68-84(111)87(114)76(64-100)128-90(68)124-51-28-35-72(103)33-18-11-8-16-26-49-98-93(117)127-50-27-17-23-43-95(44-31-54-122-82(109)39-19-12-9-14-24-47-96-79(106)36-29-52-125-91-69(2)85(112)88(115)77(65-101)129-91,45-32-55-123-83(110)40-20-13-10-15-25-48-97-80(107)37-30-53-126-92-70(3)86(113)89(116)78(66-102)130-92)62-74(105)42-56-120-57-58-121-59-60-131-132-94(4,5)46-41-73(104)34-21-22-38-81(108)99-63-75(119-7)61-71(99)67-118-6/h68-71,75-78,84-92,100-102,111-116H,8-67H2,1-7H3,(H,96,106)(H,97,107)(H,98,117)/t68?,69?,70?,71-,75+,76?,77?,78?,84?,85?,86?,87?,88?,89?,90?,91?,92?,95?/m1/s1. The van der Waals surface area contributed by atoms with Crippen molar-refractivity contribution in [1.29, 1.82) is 0 Å². The summed E-state index contributed by atoms with van der Waals surface area (Å²) in [4.78, 5) is 119. The van der Waals surface area contributed by atoms with Gasteiger partial charge in [0.05, 0.1) is 123 Å². The molecular formula is C95H170N4O31S2. The molecule has 0 bridgehead atoms. The summed E-state index contributed by atoms with van der Waals surface area (Å²) in [6, 6.07) is 0.00564. The van der Waals surface area contributed by atoms with E-state index in [9.17, 15) is 89.1 Å². The summed E-state index contributed by atoms with van der Waals surface area (Å²) in [5.41, 5.74) is -0.572. The first-order valence-electron chi connectivity index (χ1n) is 49.3. The molecule has 132 heavy (non-hydrogen) atoms. The van der Waals surface area contributed by atoms with E-state index in [0.717, 1.165) is 102 Å². The number of unbranched alkanes of at least 4 members (excludes halogenated alkanes) is 15. The fourth-order valence-electron chi connectivity index (χ4n) is 16.7. The van der Waals surface area contributed by atoms with Crippen LogP contribution < -0.4 is 16.0 Å². The van der Waals surface area contributed by atoms with E-state index in [2.05, 4.69) is 29.8 Å². The second kappa shape index (κ2) is 71.9. The van der Waals surface area contributed by atoms with Gasteiger partial charge in [-0.05, 0) is 141 Å². The van der Waals surface area contributed by atoms with Crippen molar-refractivity contribution in [3.63, 3.8) is 0 Å². The Balaban J connectivity index is 1.25. The van der Waals surface area contributed by atoms with Crippen LogP contribution in [0.25, 0.3) is 0 Å². The van der Waals surface area contributed by atoms with Crippen LogP contribution in [0.5, 0.6) is 0 Å². The summed E-state index contributed by atoms with van der Waals surface area (Å²) in [5, 5.41) is 98.4. The minimum Gasteiger partial charge on any atom is -0.466 e. The van der Waals surface area contributed by atoms with E-state index >= 15 is 0 Å². The first kappa shape index (κ1) is 120. The normalized spacial score (nSPS) is 24.4. The second-order valence-corrected chi connectivity index (χ2v) is 39.9. The highest BCUT2D eigenvalue weighted by Crippen LogP contribution is 2.42. The van der Waals surface area contributed by atoms with Gasteiger partial charge in [-0.1, -0.05) is 113 Å². The lowest BCUT2D eigenvalue weighted by Gasteiger charge is -2.40. The third-order valence-corrected chi connectivity index (χ3v) is 28.5. The zero-order valence-corrected chi connectivity index (χ0v) is 82.1. The number of esters is 2. The van der Waals surface area contributed by atoms with Crippen molar-refractivity contribution in [3.05, 3.63) is 0 Å². The Labute approximate surface area is 792 Å². The number of amides is 4. The Hall–Kier alpha value is -4.43. The summed E-state index contributed by atoms with van der Waals surface area (Å²) < 4.78 is 73.8. The van der Waals surface area contributed by atoms with Gasteiger partial charge in [0.1, 0.15) is 54.0 Å². The number of methoxy groups -OCH3 is 2. The minimum atomic E-state index is -1.22. The highest BCUT2D eigenvalue weighted by molar-refractivity contribution is 8.77. The average molecular weight is 1930 g/mol. The number of rotatable bonds is 80. The number of carbonyl (C=O) groups excluding carboxylic acids is 9. The van der Waals surface area contributed by atoms with E-state index in [1.54, 1.807) is 56.6 Å². The number of ether oxygens (including phenoxy) is 13. The SMILES string of the molecule is COC[C@H]1C[C@H](OC)CN1C(=O)CCCCC(=O)CCC(C)(C)SSCCOCCOCCC(=O)CC(CCCCCOC(=O)NCCCCCCCC(=O)CCCOC1OC(CO)C(O)C(O)C1C)(CCCOC(=O)CCCCCCCNC(=O)CCCOC1OC(CO)C(O)C(O)C1C)CCCOC(=O)CCCCCCCNC(=O)CCCOC1OC(CO)C(O)C(O)C1C. The zero-order valence-electron chi connectivity index (χ0n) is 80.5. The molecule has 4 amide bonds. The molecular weight excluding hydrogens is 1760 g/mol. The average Bonchev–Trinajstić information content (AvgIpc) is 1.08. The molecule has 4 aliphatic rings. The zero-order chi connectivity index (χ0) is 96.7. The molecule has 0 saturated carbocycles. The van der Waals surface area contributed by atoms with Gasteiger partial charge in [0.2, 0.25) is 17.7 Å². The molecule has 0 aliphatic carbocycles. The summed E-state index contributed by atoms with van der Waals surface area (Å²) in [6.45, 7) is 12.8. The Morgan fingerprint density at radius 1 is 0.402 bits per heavy atom. The Kier molecular flexibility index (Phi) is 65.3. The largest absolute Gasteiger partial charge is 0.466 e. The van der Waals surface area contributed by atoms with Crippen molar-refractivity contribution < 1.29 is 151 Å². The van der Waals surface area contributed by atoms with Gasteiger partial charge in [0.15, 0.2) is 18.9 Å². The van der Waals surface area contributed by atoms with Crippen LogP contribution in [0.1, 0.15) is 298 Å². The number of aliphatic hydroxyl groups excluding tert-OH is 9. The number of hydrogen-bond acceptors (Lipinski definition) is 33. The summed E-state index contributed by atoms with van der Waals surface area (Å²) >= 11 is 0. The monoisotopic (exact) mass is 1930 g/mol. The molecule has 4 aliphatic heterocycles. The van der Waals surface area contributed by atoms with Gasteiger partial charge in [-0.3, -0.25) is 38.4 Å². The van der Waals surface area contributed by atoms with E-state index in [0.29, 0.717) is 174 Å². The molecule has 4 heterocycles. The van der Waals surface area contributed by atoms with Crippen LogP contribution in [-0.2, 0) is 99.9 Å². The summed E-state index contributed by atoms with van der Waals surface area (Å²) in [5.74, 6) is -1.32. The summed E-state index contributed by atoms with van der Waals surface area (Å²) in [7, 11) is 6.71. The van der Waals surface area contributed by atoms with Gasteiger partial charge < -0.3 is 128 Å². The molecule has 0 radical (unpaired) electrons. The molecule has 0 aromatic carbocycles. The molecule has 0 aromatic rings. The molecule has 15 unspecified atom stereocenters. The number of Topliss-reactive ketones (excluding diaryl/α,β-unsaturated/α-hetero) is 3. The Morgan fingerprint density at radius 3 is 1.30 bits per heavy atom. The van der Waals surface area contributed by atoms with E-state index in [1.807, 2.05) is 4.90 Å². The van der Waals surface area contributed by atoms with Crippen molar-refractivity contribution in [1.82, 2.24) is 20.9 Å². The van der Waals surface area contributed by atoms with Gasteiger partial charge in [0, 0.05) is 139 Å². The minimum absolute atomic E-state index is 0.00144. The Bertz CT molecular complexity index is 3020. The van der Waals surface area contributed by atoms with Crippen LogP contribution in [-0.4, -0.2) is 333 Å². The lowest BCUT2D eigenvalue weighted by molar-refractivity contribution is -0.282. The van der Waals surface area contributed by atoms with Crippen LogP contribution in [0, 0.1) is 23.2 Å². The topological polar surface area (TPSA) is 495 Å². The van der Waals surface area contributed by atoms with Crippen molar-refractivity contribution >= 4 is 74.7 Å². The first-order chi connectivity index (χ1) is 63.5. The molecule has 17 atom stereocenters. The first-order valence-corrected chi connectivity index (χ1v) is 51.6. The highest BCUT2D eigenvalue weighted by Gasteiger charge is 2.46. The number of nitrogens with zero attached hydrogens (tertiary/aromatic N) is 1. The third-order valence-electron chi connectivity index (χ3n) is 25.1. The van der Waals surface area contributed by atoms with E-state index < -0.39 is 123 Å². The van der Waals surface area contributed by atoms with Gasteiger partial charge in [0.25, 0.3) is 0 Å². The van der Waals surface area contributed by atoms with E-state index in [-0.39, 0.29) is 155 Å². The quantitative estimate of drug-likeness (QED) is 0.0117. The molecule has 4 rings (SSSR count). The van der Waals surface area contributed by atoms with Crippen LogP contribution in [0.3, 0.4) is 0 Å². The molecule has 4 fully saturated rings. The van der Waals surface area contributed by atoms with Gasteiger partial charge >= 0.3 is 18.0 Å². The number of nitrogens with one attached hydrogen (secondary N) is 3. The molecule has 35 nitrogen and oxygen atoms in total. The molecule has 768 valence electrons. The number of likely N-dealkylation sites (tertiary alicyclic amines) is 1. The molecule has 0 aromatic heterocycles. The van der Waals surface area contributed by atoms with Crippen molar-refractivity contribution in [2.75, 3.05) is 139 Å². The summed E-state index contributed by atoms with van der Waals surface area (Å²) in [6.07, 6.45) is 11.1. The lowest BCUT2D eigenvalue weighted by atomic mass is 9.71. The van der Waals surface area contributed by atoms with Crippen LogP contribution in [0.4, 0.5) is 4.79 Å². The second-order valence-electron chi connectivity index (χ2n) is 36.8.